The van der Waals surface area contributed by atoms with Gasteiger partial charge in [0.05, 0.1) is 17.1 Å². The van der Waals surface area contributed by atoms with Crippen LogP contribution in [0.1, 0.15) is 24.5 Å². The van der Waals surface area contributed by atoms with Crippen LogP contribution in [0, 0.1) is 6.92 Å². The fraction of sp³-hybridized carbons (Fsp3) is 0.211. The Labute approximate surface area is 140 Å². The minimum Gasteiger partial charge on any atom is -0.277 e. The first-order valence-corrected chi connectivity index (χ1v) is 8.04. The lowest BCUT2D eigenvalue weighted by molar-refractivity contribution is 0.654. The predicted molar refractivity (Wildman–Crippen MR) is 98.7 cm³/mol. The van der Waals surface area contributed by atoms with E-state index in [0.29, 0.717) is 23.4 Å². The zero-order chi connectivity index (χ0) is 16.9. The number of hydrogen-bond acceptors (Lipinski definition) is 4. The number of hydrazone groups is 1. The number of fused-ring (bicyclic) bond motifs is 1. The minimum absolute atomic E-state index is 0.0458. The van der Waals surface area contributed by atoms with Crippen LogP contribution in [-0.2, 0) is 6.54 Å². The van der Waals surface area contributed by atoms with Gasteiger partial charge in [0.2, 0.25) is 5.95 Å². The summed E-state index contributed by atoms with van der Waals surface area (Å²) in [4.78, 5) is 17.2. The molecule has 5 heteroatoms. The summed E-state index contributed by atoms with van der Waals surface area (Å²) >= 11 is 0. The van der Waals surface area contributed by atoms with Gasteiger partial charge >= 0.3 is 0 Å². The van der Waals surface area contributed by atoms with Crippen LogP contribution < -0.4 is 11.0 Å². The van der Waals surface area contributed by atoms with E-state index in [1.165, 1.54) is 5.56 Å². The van der Waals surface area contributed by atoms with Crippen molar-refractivity contribution in [2.24, 2.45) is 5.10 Å². The Hall–Kier alpha value is -2.95. The molecular weight excluding hydrogens is 300 g/mol. The summed E-state index contributed by atoms with van der Waals surface area (Å²) in [5.41, 5.74) is 5.73. The highest BCUT2D eigenvalue weighted by molar-refractivity contribution is 5.81. The predicted octanol–water partition coefficient (Wildman–Crippen LogP) is 3.56. The summed E-state index contributed by atoms with van der Waals surface area (Å²) < 4.78 is 1.63. The summed E-state index contributed by atoms with van der Waals surface area (Å²) in [7, 11) is 0. The maximum absolute atomic E-state index is 12.6. The van der Waals surface area contributed by atoms with Gasteiger partial charge in [0.25, 0.3) is 5.56 Å². The van der Waals surface area contributed by atoms with Gasteiger partial charge < -0.3 is 0 Å². The van der Waals surface area contributed by atoms with E-state index < -0.39 is 0 Å². The lowest BCUT2D eigenvalue weighted by Gasteiger charge is -2.11. The summed E-state index contributed by atoms with van der Waals surface area (Å²) in [5, 5.41) is 4.86. The molecule has 0 spiro atoms. The van der Waals surface area contributed by atoms with Crippen LogP contribution in [0.25, 0.3) is 10.9 Å². The Bertz CT molecular complexity index is 926. The lowest BCUT2D eigenvalue weighted by Crippen LogP contribution is -2.24. The van der Waals surface area contributed by atoms with E-state index in [4.69, 9.17) is 0 Å². The van der Waals surface area contributed by atoms with Gasteiger partial charge in [-0.15, -0.1) is 0 Å². The molecular formula is C19H20N4O. The van der Waals surface area contributed by atoms with Gasteiger partial charge in [0.15, 0.2) is 0 Å². The van der Waals surface area contributed by atoms with Crippen molar-refractivity contribution in [1.82, 2.24) is 9.55 Å². The molecule has 0 aliphatic carbocycles. The Morgan fingerprint density at radius 3 is 2.67 bits per heavy atom. The molecule has 2 aromatic carbocycles. The van der Waals surface area contributed by atoms with Gasteiger partial charge in [-0.2, -0.15) is 5.10 Å². The second-order valence-electron chi connectivity index (χ2n) is 5.69. The van der Waals surface area contributed by atoms with Gasteiger partial charge in [0, 0.05) is 6.54 Å². The topological polar surface area (TPSA) is 59.3 Å². The van der Waals surface area contributed by atoms with Crippen LogP contribution in [0.4, 0.5) is 5.95 Å². The van der Waals surface area contributed by atoms with Gasteiger partial charge in [-0.1, -0.05) is 48.9 Å². The third-order valence-corrected chi connectivity index (χ3v) is 3.76. The van der Waals surface area contributed by atoms with E-state index in [0.717, 1.165) is 12.0 Å². The third kappa shape index (κ3) is 3.35. The molecule has 0 amide bonds. The van der Waals surface area contributed by atoms with Crippen molar-refractivity contribution in [2.45, 2.75) is 26.8 Å². The molecule has 0 aliphatic heterocycles. The molecule has 0 saturated heterocycles. The first-order valence-electron chi connectivity index (χ1n) is 8.04. The fourth-order valence-corrected chi connectivity index (χ4v) is 2.50. The van der Waals surface area contributed by atoms with E-state index in [2.05, 4.69) is 15.5 Å². The minimum atomic E-state index is -0.0458. The van der Waals surface area contributed by atoms with Crippen LogP contribution in [-0.4, -0.2) is 15.8 Å². The van der Waals surface area contributed by atoms with Crippen LogP contribution in [0.5, 0.6) is 0 Å². The molecule has 0 aliphatic rings. The number of anilines is 1. The summed E-state index contributed by atoms with van der Waals surface area (Å²) in [6, 6.07) is 15.4. The van der Waals surface area contributed by atoms with Crippen molar-refractivity contribution in [3.8, 4) is 0 Å². The zero-order valence-electron chi connectivity index (χ0n) is 13.9. The van der Waals surface area contributed by atoms with E-state index in [1.807, 2.05) is 56.3 Å². The number of hydrogen-bond donors (Lipinski definition) is 1. The van der Waals surface area contributed by atoms with E-state index >= 15 is 0 Å². The number of benzene rings is 2. The van der Waals surface area contributed by atoms with Crippen molar-refractivity contribution in [2.75, 3.05) is 5.43 Å². The Morgan fingerprint density at radius 2 is 1.92 bits per heavy atom. The molecule has 1 aromatic heterocycles. The highest BCUT2D eigenvalue weighted by atomic mass is 16.1. The van der Waals surface area contributed by atoms with Crippen molar-refractivity contribution >= 4 is 23.1 Å². The largest absolute Gasteiger partial charge is 0.277 e. The van der Waals surface area contributed by atoms with Gasteiger partial charge in [-0.25, -0.2) is 10.4 Å². The molecule has 24 heavy (non-hydrogen) atoms. The summed E-state index contributed by atoms with van der Waals surface area (Å²) in [6.45, 7) is 4.67. The van der Waals surface area contributed by atoms with Crippen molar-refractivity contribution in [1.29, 1.82) is 0 Å². The van der Waals surface area contributed by atoms with E-state index in [1.54, 1.807) is 16.8 Å². The lowest BCUT2D eigenvalue weighted by atomic mass is 10.2. The Balaban J connectivity index is 1.94. The maximum Gasteiger partial charge on any atom is 0.262 e. The second-order valence-corrected chi connectivity index (χ2v) is 5.69. The van der Waals surface area contributed by atoms with Crippen molar-refractivity contribution < 1.29 is 0 Å². The van der Waals surface area contributed by atoms with Crippen LogP contribution >= 0.6 is 0 Å². The molecule has 0 radical (unpaired) electrons. The van der Waals surface area contributed by atoms with Crippen LogP contribution in [0.3, 0.4) is 0 Å². The average molecular weight is 320 g/mol. The quantitative estimate of drug-likeness (QED) is 0.577. The number of nitrogens with one attached hydrogen (secondary N) is 1. The SMILES string of the molecule is CCCn1c(N/N=C\c2ccc(C)cc2)nc2ccccc2c1=O. The zero-order valence-corrected chi connectivity index (χ0v) is 13.9. The number of nitrogens with zero attached hydrogens (tertiary/aromatic N) is 3. The highest BCUT2D eigenvalue weighted by Gasteiger charge is 2.09. The smallest absolute Gasteiger partial charge is 0.262 e. The average Bonchev–Trinajstić information content (AvgIpc) is 2.60. The molecule has 1 heterocycles. The molecule has 122 valence electrons. The molecule has 0 unspecified atom stereocenters. The number of aromatic nitrogens is 2. The molecule has 1 N–H and O–H groups in total. The molecule has 0 atom stereocenters. The molecule has 5 nitrogen and oxygen atoms in total. The van der Waals surface area contributed by atoms with Crippen molar-refractivity contribution in [3.63, 3.8) is 0 Å². The van der Waals surface area contributed by atoms with Crippen LogP contribution in [0.2, 0.25) is 0 Å². The Morgan fingerprint density at radius 1 is 1.17 bits per heavy atom. The van der Waals surface area contributed by atoms with Crippen molar-refractivity contribution in [3.05, 3.63) is 70.0 Å². The number of para-hydroxylation sites is 1. The molecule has 0 saturated carbocycles. The first-order chi connectivity index (χ1) is 11.7. The number of rotatable bonds is 5. The summed E-state index contributed by atoms with van der Waals surface area (Å²) in [5.74, 6) is 0.462. The molecule has 0 fully saturated rings. The van der Waals surface area contributed by atoms with E-state index in [-0.39, 0.29) is 5.56 Å². The monoisotopic (exact) mass is 320 g/mol. The number of aryl methyl sites for hydroxylation is 1. The fourth-order valence-electron chi connectivity index (χ4n) is 2.50. The normalized spacial score (nSPS) is 11.2. The molecule has 3 aromatic rings. The van der Waals surface area contributed by atoms with Crippen LogP contribution in [0.15, 0.2) is 58.4 Å². The van der Waals surface area contributed by atoms with E-state index in [9.17, 15) is 4.79 Å². The molecule has 0 bridgehead atoms. The first kappa shape index (κ1) is 15.9. The third-order valence-electron chi connectivity index (χ3n) is 3.76. The highest BCUT2D eigenvalue weighted by Crippen LogP contribution is 2.11. The van der Waals surface area contributed by atoms with Gasteiger partial charge in [0.1, 0.15) is 0 Å². The Kier molecular flexibility index (Phi) is 4.70. The van der Waals surface area contributed by atoms with Gasteiger partial charge in [-0.3, -0.25) is 9.36 Å². The maximum atomic E-state index is 12.6. The summed E-state index contributed by atoms with van der Waals surface area (Å²) in [6.07, 6.45) is 2.56. The second kappa shape index (κ2) is 7.08. The van der Waals surface area contributed by atoms with Gasteiger partial charge in [-0.05, 0) is 31.0 Å². The molecule has 3 rings (SSSR count). The standard InChI is InChI=1S/C19H20N4O/c1-3-12-23-18(24)16-6-4-5-7-17(16)21-19(23)22-20-13-15-10-8-14(2)9-11-15/h4-11,13H,3,12H2,1-2H3,(H,21,22)/b20-13-.